The maximum Gasteiger partial charge on any atom is 0.157 e. The van der Waals surface area contributed by atoms with Gasteiger partial charge in [-0.05, 0) is 44.7 Å². The average molecular weight is 257 g/mol. The second kappa shape index (κ2) is 5.09. The molecule has 3 rings (SSSR count). The Hall–Kier alpha value is -1.15. The fourth-order valence-electron chi connectivity index (χ4n) is 4.00. The SMILES string of the molecule is CC1CCCN1[C@]1(c2ccccc2)CCCCC1=O. The first-order valence-electron chi connectivity index (χ1n) is 7.61. The van der Waals surface area contributed by atoms with Crippen molar-refractivity contribution in [1.82, 2.24) is 4.90 Å². The van der Waals surface area contributed by atoms with Crippen LogP contribution in [-0.2, 0) is 10.3 Å². The molecule has 1 heterocycles. The molecule has 2 atom stereocenters. The summed E-state index contributed by atoms with van der Waals surface area (Å²) in [6.07, 6.45) is 6.43. The van der Waals surface area contributed by atoms with Gasteiger partial charge in [-0.3, -0.25) is 9.69 Å². The van der Waals surface area contributed by atoms with Gasteiger partial charge in [-0.25, -0.2) is 0 Å². The van der Waals surface area contributed by atoms with E-state index in [0.717, 1.165) is 25.8 Å². The van der Waals surface area contributed by atoms with Crippen LogP contribution in [0.2, 0.25) is 0 Å². The molecule has 1 aromatic rings. The lowest BCUT2D eigenvalue weighted by Gasteiger charge is -2.45. The summed E-state index contributed by atoms with van der Waals surface area (Å²) in [5.41, 5.74) is 0.892. The van der Waals surface area contributed by atoms with Crippen molar-refractivity contribution in [1.29, 1.82) is 0 Å². The first-order chi connectivity index (χ1) is 9.25. The van der Waals surface area contributed by atoms with Crippen LogP contribution in [0, 0.1) is 0 Å². The van der Waals surface area contributed by atoms with E-state index in [4.69, 9.17) is 0 Å². The van der Waals surface area contributed by atoms with Crippen LogP contribution in [0.1, 0.15) is 51.0 Å². The van der Waals surface area contributed by atoms with Crippen LogP contribution >= 0.6 is 0 Å². The average Bonchev–Trinajstić information content (AvgIpc) is 2.87. The normalized spacial score (nSPS) is 32.7. The Morgan fingerprint density at radius 3 is 2.58 bits per heavy atom. The minimum absolute atomic E-state index is 0.324. The largest absolute Gasteiger partial charge is 0.297 e. The Morgan fingerprint density at radius 1 is 1.16 bits per heavy atom. The molecule has 0 amide bonds. The van der Waals surface area contributed by atoms with E-state index in [1.807, 2.05) is 6.07 Å². The van der Waals surface area contributed by atoms with Crippen molar-refractivity contribution in [2.24, 2.45) is 0 Å². The van der Waals surface area contributed by atoms with Crippen LogP contribution in [0.25, 0.3) is 0 Å². The summed E-state index contributed by atoms with van der Waals surface area (Å²) in [6.45, 7) is 3.35. The van der Waals surface area contributed by atoms with Crippen molar-refractivity contribution < 1.29 is 4.79 Å². The topological polar surface area (TPSA) is 20.3 Å². The van der Waals surface area contributed by atoms with Crippen molar-refractivity contribution in [3.63, 3.8) is 0 Å². The monoisotopic (exact) mass is 257 g/mol. The van der Waals surface area contributed by atoms with Gasteiger partial charge in [-0.1, -0.05) is 36.8 Å². The molecule has 19 heavy (non-hydrogen) atoms. The highest BCUT2D eigenvalue weighted by Gasteiger charge is 2.48. The summed E-state index contributed by atoms with van der Waals surface area (Å²) in [5, 5.41) is 0. The Morgan fingerprint density at radius 2 is 1.95 bits per heavy atom. The van der Waals surface area contributed by atoms with Gasteiger partial charge >= 0.3 is 0 Å². The van der Waals surface area contributed by atoms with Crippen LogP contribution in [0.15, 0.2) is 30.3 Å². The van der Waals surface area contributed by atoms with Crippen molar-refractivity contribution >= 4 is 5.78 Å². The molecule has 2 aliphatic rings. The zero-order chi connectivity index (χ0) is 13.3. The number of nitrogens with zero attached hydrogens (tertiary/aromatic N) is 1. The predicted molar refractivity (Wildman–Crippen MR) is 77.0 cm³/mol. The van der Waals surface area contributed by atoms with Crippen molar-refractivity contribution in [3.8, 4) is 0 Å². The van der Waals surface area contributed by atoms with Gasteiger partial charge in [0.25, 0.3) is 0 Å². The minimum Gasteiger partial charge on any atom is -0.297 e. The number of ketones is 1. The summed E-state index contributed by atoms with van der Waals surface area (Å²) in [4.78, 5) is 15.3. The number of Topliss-reactive ketones (excluding diaryl/α,β-unsaturated/α-hetero) is 1. The van der Waals surface area contributed by atoms with Crippen LogP contribution in [0.3, 0.4) is 0 Å². The minimum atomic E-state index is -0.324. The number of carbonyl (C=O) groups excluding carboxylic acids is 1. The third-order valence-electron chi connectivity index (χ3n) is 4.95. The van der Waals surface area contributed by atoms with Gasteiger partial charge in [-0.15, -0.1) is 0 Å². The van der Waals surface area contributed by atoms with Crippen molar-refractivity contribution in [3.05, 3.63) is 35.9 Å². The highest BCUT2D eigenvalue weighted by molar-refractivity contribution is 5.90. The van der Waals surface area contributed by atoms with E-state index in [1.54, 1.807) is 0 Å². The Bertz CT molecular complexity index is 456. The molecule has 0 N–H and O–H groups in total. The fourth-order valence-corrected chi connectivity index (χ4v) is 4.00. The zero-order valence-corrected chi connectivity index (χ0v) is 11.8. The van der Waals surface area contributed by atoms with E-state index < -0.39 is 0 Å². The molecule has 102 valence electrons. The summed E-state index contributed by atoms with van der Waals surface area (Å²) < 4.78 is 0. The fraction of sp³-hybridized carbons (Fsp3) is 0.588. The molecule has 1 saturated heterocycles. The molecule has 1 aromatic carbocycles. The van der Waals surface area contributed by atoms with Gasteiger partial charge in [0.05, 0.1) is 0 Å². The Kier molecular flexibility index (Phi) is 3.44. The lowest BCUT2D eigenvalue weighted by Crippen LogP contribution is -2.54. The smallest absolute Gasteiger partial charge is 0.157 e. The summed E-state index contributed by atoms with van der Waals surface area (Å²) in [6, 6.07) is 11.0. The quantitative estimate of drug-likeness (QED) is 0.808. The van der Waals surface area contributed by atoms with Gasteiger partial charge in [-0.2, -0.15) is 0 Å². The maximum absolute atomic E-state index is 12.8. The van der Waals surface area contributed by atoms with Gasteiger partial charge in [0.1, 0.15) is 5.54 Å². The van der Waals surface area contributed by atoms with E-state index in [0.29, 0.717) is 11.8 Å². The standard InChI is InChI=1S/C17H23NO/c1-14-8-7-13-18(14)17(12-6-5-11-16(17)19)15-9-3-2-4-10-15/h2-4,9-10,14H,5-8,11-13H2,1H3/t14?,17-/m0/s1. The van der Waals surface area contributed by atoms with Gasteiger partial charge in [0.15, 0.2) is 5.78 Å². The number of likely N-dealkylation sites (tertiary alicyclic amines) is 1. The molecular weight excluding hydrogens is 234 g/mol. The Balaban J connectivity index is 2.07. The van der Waals surface area contributed by atoms with E-state index >= 15 is 0 Å². The summed E-state index contributed by atoms with van der Waals surface area (Å²) >= 11 is 0. The van der Waals surface area contributed by atoms with Crippen LogP contribution in [-0.4, -0.2) is 23.3 Å². The highest BCUT2D eigenvalue weighted by Crippen LogP contribution is 2.43. The lowest BCUT2D eigenvalue weighted by atomic mass is 9.74. The van der Waals surface area contributed by atoms with Gasteiger partial charge < -0.3 is 0 Å². The van der Waals surface area contributed by atoms with E-state index in [9.17, 15) is 4.79 Å². The lowest BCUT2D eigenvalue weighted by molar-refractivity contribution is -0.136. The molecular formula is C17H23NO. The van der Waals surface area contributed by atoms with E-state index in [1.165, 1.54) is 24.8 Å². The van der Waals surface area contributed by atoms with Gasteiger partial charge in [0.2, 0.25) is 0 Å². The zero-order valence-electron chi connectivity index (χ0n) is 11.8. The van der Waals surface area contributed by atoms with E-state index in [-0.39, 0.29) is 5.54 Å². The second-order valence-corrected chi connectivity index (χ2v) is 6.04. The third-order valence-corrected chi connectivity index (χ3v) is 4.95. The number of hydrogen-bond donors (Lipinski definition) is 0. The third kappa shape index (κ3) is 2.02. The molecule has 2 nitrogen and oxygen atoms in total. The first-order valence-corrected chi connectivity index (χ1v) is 7.61. The number of benzene rings is 1. The molecule has 2 heteroatoms. The number of carbonyl (C=O) groups is 1. The van der Waals surface area contributed by atoms with Crippen molar-refractivity contribution in [2.45, 2.75) is 57.0 Å². The highest BCUT2D eigenvalue weighted by atomic mass is 16.1. The maximum atomic E-state index is 12.8. The molecule has 1 aliphatic heterocycles. The first kappa shape index (κ1) is 12.9. The molecule has 0 bridgehead atoms. The van der Waals surface area contributed by atoms with Crippen LogP contribution < -0.4 is 0 Å². The summed E-state index contributed by atoms with van der Waals surface area (Å²) in [7, 11) is 0. The molecule has 2 fully saturated rings. The van der Waals surface area contributed by atoms with Gasteiger partial charge in [0, 0.05) is 12.5 Å². The van der Waals surface area contributed by atoms with Crippen LogP contribution in [0.4, 0.5) is 0 Å². The number of rotatable bonds is 2. The van der Waals surface area contributed by atoms with Crippen LogP contribution in [0.5, 0.6) is 0 Å². The Labute approximate surface area is 115 Å². The molecule has 0 spiro atoms. The molecule has 1 aliphatic carbocycles. The molecule has 1 saturated carbocycles. The van der Waals surface area contributed by atoms with Crippen molar-refractivity contribution in [2.75, 3.05) is 6.54 Å². The molecule has 0 radical (unpaired) electrons. The molecule has 0 aromatic heterocycles. The molecule has 1 unspecified atom stereocenters. The van der Waals surface area contributed by atoms with E-state index in [2.05, 4.69) is 36.1 Å². The predicted octanol–water partition coefficient (Wildman–Crippen LogP) is 3.51. The summed E-state index contributed by atoms with van der Waals surface area (Å²) in [5.74, 6) is 0.443. The second-order valence-electron chi connectivity index (χ2n) is 6.04. The number of hydrogen-bond acceptors (Lipinski definition) is 2.